The third-order valence-corrected chi connectivity index (χ3v) is 2.99. The van der Waals surface area contributed by atoms with E-state index in [0.717, 1.165) is 6.08 Å². The van der Waals surface area contributed by atoms with E-state index in [1.807, 2.05) is 0 Å². The zero-order valence-corrected chi connectivity index (χ0v) is 12.1. The molecular weight excluding hydrogens is 272 g/mol. The Morgan fingerprint density at radius 2 is 2.00 bits per heavy atom. The van der Waals surface area contributed by atoms with Crippen LogP contribution in [0, 0.1) is 0 Å². The summed E-state index contributed by atoms with van der Waals surface area (Å²) < 4.78 is 5.13. The molecule has 1 aliphatic rings. The second kappa shape index (κ2) is 5.88. The van der Waals surface area contributed by atoms with Crippen LogP contribution in [0.4, 0.5) is 0 Å². The zero-order valence-electron chi connectivity index (χ0n) is 12.1. The van der Waals surface area contributed by atoms with Gasteiger partial charge in [-0.25, -0.2) is 0 Å². The molecule has 0 saturated heterocycles. The molecule has 0 unspecified atom stereocenters. The van der Waals surface area contributed by atoms with Crippen LogP contribution in [0.2, 0.25) is 0 Å². The van der Waals surface area contributed by atoms with E-state index in [4.69, 9.17) is 4.74 Å². The van der Waals surface area contributed by atoms with Crippen molar-refractivity contribution in [3.8, 4) is 5.75 Å². The number of methoxy groups -OCH3 is 1. The predicted octanol–water partition coefficient (Wildman–Crippen LogP) is 0.636. The Labute approximate surface area is 122 Å². The molecule has 6 nitrogen and oxygen atoms in total. The number of ketones is 2. The first-order chi connectivity index (χ1) is 9.93. The number of carbonyl (C=O) groups excluding carboxylic acids is 3. The van der Waals surface area contributed by atoms with Crippen molar-refractivity contribution in [2.45, 2.75) is 0 Å². The molecule has 0 saturated carbocycles. The van der Waals surface area contributed by atoms with Crippen molar-refractivity contribution in [1.29, 1.82) is 0 Å². The third-order valence-electron chi connectivity index (χ3n) is 2.99. The fourth-order valence-electron chi connectivity index (χ4n) is 2.12. The van der Waals surface area contributed by atoms with Gasteiger partial charge in [-0.15, -0.1) is 0 Å². The number of benzene rings is 1. The quantitative estimate of drug-likeness (QED) is 0.879. The van der Waals surface area contributed by atoms with Crippen molar-refractivity contribution in [3.05, 3.63) is 41.1 Å². The van der Waals surface area contributed by atoms with Gasteiger partial charge in [0.25, 0.3) is 0 Å². The summed E-state index contributed by atoms with van der Waals surface area (Å²) in [5, 5.41) is 2.48. The van der Waals surface area contributed by atoms with Gasteiger partial charge in [-0.1, -0.05) is 12.1 Å². The summed E-state index contributed by atoms with van der Waals surface area (Å²) in [6, 6.07) is 4.81. The monoisotopic (exact) mass is 288 g/mol. The van der Waals surface area contributed by atoms with Crippen LogP contribution in [0.3, 0.4) is 0 Å². The lowest BCUT2D eigenvalue weighted by molar-refractivity contribution is -0.120. The van der Waals surface area contributed by atoms with Crippen molar-refractivity contribution in [2.75, 3.05) is 27.7 Å². The van der Waals surface area contributed by atoms with Crippen molar-refractivity contribution in [3.63, 3.8) is 0 Å². The molecule has 1 aromatic carbocycles. The van der Waals surface area contributed by atoms with E-state index in [1.165, 1.54) is 7.11 Å². The Kier molecular flexibility index (Phi) is 4.18. The summed E-state index contributed by atoms with van der Waals surface area (Å²) >= 11 is 0. The van der Waals surface area contributed by atoms with E-state index in [1.54, 1.807) is 37.2 Å². The molecule has 110 valence electrons. The van der Waals surface area contributed by atoms with Crippen LogP contribution in [0.15, 0.2) is 30.0 Å². The molecule has 0 bridgehead atoms. The Bertz CT molecular complexity index is 647. The van der Waals surface area contributed by atoms with Gasteiger partial charge < -0.3 is 15.0 Å². The van der Waals surface area contributed by atoms with Crippen LogP contribution in [0.5, 0.6) is 5.75 Å². The van der Waals surface area contributed by atoms with Crippen LogP contribution >= 0.6 is 0 Å². The van der Waals surface area contributed by atoms with Crippen LogP contribution in [-0.4, -0.2) is 50.1 Å². The number of likely N-dealkylation sites (N-methyl/N-ethyl adjacent to an activating group) is 1. The maximum Gasteiger partial charge on any atom is 0.238 e. The summed E-state index contributed by atoms with van der Waals surface area (Å²) in [5.41, 5.74) is 0.446. The molecular formula is C15H16N2O4. The van der Waals surface area contributed by atoms with Crippen molar-refractivity contribution < 1.29 is 19.1 Å². The summed E-state index contributed by atoms with van der Waals surface area (Å²) in [7, 11) is 4.90. The molecule has 0 aliphatic heterocycles. The molecule has 0 radical (unpaired) electrons. The van der Waals surface area contributed by atoms with E-state index in [9.17, 15) is 14.4 Å². The molecule has 1 aromatic rings. The number of Topliss-reactive ketones (excluding diaryl/α,β-unsaturated/α-hetero) is 1. The third kappa shape index (κ3) is 3.00. The number of ether oxygens (including phenoxy) is 1. The largest absolute Gasteiger partial charge is 0.496 e. The van der Waals surface area contributed by atoms with Crippen LogP contribution < -0.4 is 10.1 Å². The van der Waals surface area contributed by atoms with Crippen LogP contribution in [0.25, 0.3) is 0 Å². The molecule has 6 heteroatoms. The van der Waals surface area contributed by atoms with Gasteiger partial charge in [0.05, 0.1) is 24.9 Å². The zero-order chi connectivity index (χ0) is 15.6. The average Bonchev–Trinajstić information content (AvgIpc) is 2.42. The Hall–Kier alpha value is -2.47. The minimum atomic E-state index is -0.422. The summed E-state index contributed by atoms with van der Waals surface area (Å²) in [6.45, 7) is 0.123. The first kappa shape index (κ1) is 14.9. The van der Waals surface area contributed by atoms with Crippen LogP contribution in [-0.2, 0) is 4.79 Å². The van der Waals surface area contributed by atoms with Gasteiger partial charge in [-0.05, 0) is 20.2 Å². The molecule has 1 aliphatic carbocycles. The van der Waals surface area contributed by atoms with E-state index in [2.05, 4.69) is 5.32 Å². The van der Waals surface area contributed by atoms with Crippen molar-refractivity contribution in [2.24, 2.45) is 0 Å². The summed E-state index contributed by atoms with van der Waals surface area (Å²) in [6.07, 6.45) is 1.15. The molecule has 2 rings (SSSR count). The van der Waals surface area contributed by atoms with Gasteiger partial charge in [-0.2, -0.15) is 0 Å². The highest BCUT2D eigenvalue weighted by Crippen LogP contribution is 2.28. The molecule has 0 aromatic heterocycles. The number of hydrogen-bond acceptors (Lipinski definition) is 5. The van der Waals surface area contributed by atoms with E-state index >= 15 is 0 Å². The second-order valence-corrected chi connectivity index (χ2v) is 4.92. The standard InChI is InChI=1S/C15H16N2O4/c1-17(2)8-13(19)16-10-7-11(18)9-5-4-6-12(21-3)14(9)15(10)20/h4-7H,8H2,1-3H3,(H,16,19). The SMILES string of the molecule is COc1cccc2c1C(=O)C(NC(=O)CN(C)C)=CC2=O. The number of rotatable bonds is 4. The van der Waals surface area contributed by atoms with Crippen molar-refractivity contribution >= 4 is 17.5 Å². The molecule has 0 heterocycles. The number of hydrogen-bond donors (Lipinski definition) is 1. The number of fused-ring (bicyclic) bond motifs is 1. The van der Waals surface area contributed by atoms with Gasteiger partial charge in [0, 0.05) is 11.6 Å². The van der Waals surface area contributed by atoms with Gasteiger partial charge in [0.1, 0.15) is 5.75 Å². The molecule has 1 amide bonds. The Balaban J connectivity index is 2.34. The highest BCUT2D eigenvalue weighted by atomic mass is 16.5. The number of carbonyl (C=O) groups is 3. The van der Waals surface area contributed by atoms with Crippen molar-refractivity contribution in [1.82, 2.24) is 10.2 Å². The topological polar surface area (TPSA) is 75.7 Å². The summed E-state index contributed by atoms with van der Waals surface area (Å²) in [5.74, 6) is -0.790. The maximum absolute atomic E-state index is 12.4. The average molecular weight is 288 g/mol. The minimum absolute atomic E-state index is 0.0242. The highest BCUT2D eigenvalue weighted by Gasteiger charge is 2.29. The fourth-order valence-corrected chi connectivity index (χ4v) is 2.12. The number of nitrogens with one attached hydrogen (secondary N) is 1. The lowest BCUT2D eigenvalue weighted by Crippen LogP contribution is -2.36. The smallest absolute Gasteiger partial charge is 0.238 e. The summed E-state index contributed by atoms with van der Waals surface area (Å²) in [4.78, 5) is 37.9. The van der Waals surface area contributed by atoms with Gasteiger partial charge in [0.2, 0.25) is 11.7 Å². The lowest BCUT2D eigenvalue weighted by atomic mass is 9.92. The highest BCUT2D eigenvalue weighted by molar-refractivity contribution is 6.26. The normalized spacial score (nSPS) is 13.8. The fraction of sp³-hybridized carbons (Fsp3) is 0.267. The predicted molar refractivity (Wildman–Crippen MR) is 76.4 cm³/mol. The van der Waals surface area contributed by atoms with E-state index < -0.39 is 5.78 Å². The molecule has 21 heavy (non-hydrogen) atoms. The molecule has 0 fully saturated rings. The first-order valence-electron chi connectivity index (χ1n) is 6.36. The minimum Gasteiger partial charge on any atom is -0.496 e. The van der Waals surface area contributed by atoms with E-state index in [0.29, 0.717) is 5.75 Å². The number of allylic oxidation sites excluding steroid dienone is 2. The van der Waals surface area contributed by atoms with Gasteiger partial charge in [0.15, 0.2) is 5.78 Å². The number of nitrogens with zero attached hydrogens (tertiary/aromatic N) is 1. The second-order valence-electron chi connectivity index (χ2n) is 4.92. The molecule has 0 atom stereocenters. The Morgan fingerprint density at radius 3 is 2.62 bits per heavy atom. The van der Waals surface area contributed by atoms with Crippen LogP contribution in [0.1, 0.15) is 20.7 Å². The van der Waals surface area contributed by atoms with Gasteiger partial charge >= 0.3 is 0 Å². The molecule has 1 N–H and O–H groups in total. The molecule has 0 spiro atoms. The maximum atomic E-state index is 12.4. The number of amides is 1. The Morgan fingerprint density at radius 1 is 1.29 bits per heavy atom. The first-order valence-corrected chi connectivity index (χ1v) is 6.36. The lowest BCUT2D eigenvalue weighted by Gasteiger charge is -2.18. The van der Waals surface area contributed by atoms with E-state index in [-0.39, 0.29) is 35.1 Å². The van der Waals surface area contributed by atoms with Gasteiger partial charge in [-0.3, -0.25) is 14.4 Å².